The molecule has 0 saturated heterocycles. The number of hydrogen-bond acceptors (Lipinski definition) is 1. The van der Waals surface area contributed by atoms with Gasteiger partial charge in [0.2, 0.25) is 0 Å². The van der Waals surface area contributed by atoms with Gasteiger partial charge in [0.15, 0.2) is 0 Å². The molecule has 1 heterocycles. The molecular weight excluding hydrogens is 218 g/mol. The molecule has 0 aliphatic heterocycles. The van der Waals surface area contributed by atoms with Crippen LogP contribution >= 0.6 is 11.6 Å². The third-order valence-corrected chi connectivity index (χ3v) is 3.15. The van der Waals surface area contributed by atoms with Crippen molar-refractivity contribution in [3.8, 4) is 0 Å². The molecule has 1 atom stereocenters. The molecule has 1 rings (SSSR count). The van der Waals surface area contributed by atoms with Gasteiger partial charge < -0.3 is 0 Å². The molecule has 90 valence electrons. The topological polar surface area (TPSA) is 12.9 Å². The highest BCUT2D eigenvalue weighted by Gasteiger charge is 2.06. The maximum Gasteiger partial charge on any atom is 0.0418 e. The number of halogens is 1. The van der Waals surface area contributed by atoms with E-state index in [2.05, 4.69) is 11.9 Å². The highest BCUT2D eigenvalue weighted by molar-refractivity contribution is 6.20. The molecule has 2 heteroatoms. The minimum absolute atomic E-state index is 0.247. The predicted octanol–water partition coefficient (Wildman–Crippen LogP) is 4.59. The highest BCUT2D eigenvalue weighted by atomic mass is 35.5. The van der Waals surface area contributed by atoms with Crippen molar-refractivity contribution < 1.29 is 0 Å². The number of alkyl halides is 1. The van der Waals surface area contributed by atoms with Crippen molar-refractivity contribution in [2.24, 2.45) is 0 Å². The fourth-order valence-corrected chi connectivity index (χ4v) is 2.13. The van der Waals surface area contributed by atoms with Crippen molar-refractivity contribution in [3.05, 3.63) is 30.1 Å². The average molecular weight is 240 g/mol. The minimum Gasteiger partial charge on any atom is -0.261 e. The Morgan fingerprint density at radius 3 is 2.69 bits per heavy atom. The number of unbranched alkanes of at least 4 members (excludes halogenated alkanes) is 4. The van der Waals surface area contributed by atoms with Crippen LogP contribution < -0.4 is 0 Å². The van der Waals surface area contributed by atoms with Gasteiger partial charge in [-0.1, -0.05) is 45.1 Å². The van der Waals surface area contributed by atoms with E-state index in [0.717, 1.165) is 18.5 Å². The van der Waals surface area contributed by atoms with Crippen LogP contribution in [-0.4, -0.2) is 10.4 Å². The third kappa shape index (κ3) is 6.12. The van der Waals surface area contributed by atoms with Crippen molar-refractivity contribution in [2.45, 2.75) is 57.2 Å². The van der Waals surface area contributed by atoms with E-state index in [1.165, 1.54) is 32.1 Å². The van der Waals surface area contributed by atoms with Crippen LogP contribution in [0.4, 0.5) is 0 Å². The van der Waals surface area contributed by atoms with Gasteiger partial charge >= 0.3 is 0 Å². The van der Waals surface area contributed by atoms with Gasteiger partial charge in [-0.25, -0.2) is 0 Å². The Kier molecular flexibility index (Phi) is 7.24. The summed E-state index contributed by atoms with van der Waals surface area (Å²) in [5, 5.41) is 0.247. The molecule has 0 fully saturated rings. The van der Waals surface area contributed by atoms with Gasteiger partial charge in [0.05, 0.1) is 0 Å². The van der Waals surface area contributed by atoms with E-state index in [4.69, 9.17) is 11.6 Å². The summed E-state index contributed by atoms with van der Waals surface area (Å²) in [6, 6.07) is 6.01. The molecule has 0 radical (unpaired) electrons. The van der Waals surface area contributed by atoms with Crippen molar-refractivity contribution >= 4 is 11.6 Å². The van der Waals surface area contributed by atoms with Crippen molar-refractivity contribution in [3.63, 3.8) is 0 Å². The number of nitrogens with zero attached hydrogens (tertiary/aromatic N) is 1. The Balaban J connectivity index is 2.09. The lowest BCUT2D eigenvalue weighted by Gasteiger charge is -2.08. The summed E-state index contributed by atoms with van der Waals surface area (Å²) in [4.78, 5) is 4.29. The van der Waals surface area contributed by atoms with Gasteiger partial charge in [-0.05, 0) is 18.6 Å². The summed E-state index contributed by atoms with van der Waals surface area (Å²) >= 11 is 6.29. The first kappa shape index (κ1) is 13.5. The number of pyridine rings is 1. The van der Waals surface area contributed by atoms with E-state index in [0.29, 0.717) is 0 Å². The average Bonchev–Trinajstić information content (AvgIpc) is 2.30. The zero-order chi connectivity index (χ0) is 11.6. The first-order chi connectivity index (χ1) is 7.83. The second kappa shape index (κ2) is 8.58. The monoisotopic (exact) mass is 239 g/mol. The Labute approximate surface area is 104 Å². The Morgan fingerprint density at radius 1 is 1.19 bits per heavy atom. The summed E-state index contributed by atoms with van der Waals surface area (Å²) in [6.07, 6.45) is 10.4. The number of aromatic nitrogens is 1. The van der Waals surface area contributed by atoms with E-state index in [1.54, 1.807) is 0 Å². The highest BCUT2D eigenvalue weighted by Crippen LogP contribution is 2.14. The first-order valence-corrected chi connectivity index (χ1v) is 6.80. The summed E-state index contributed by atoms with van der Waals surface area (Å²) in [7, 11) is 0. The molecule has 0 N–H and O–H groups in total. The molecule has 1 aromatic heterocycles. The zero-order valence-electron chi connectivity index (χ0n) is 10.2. The van der Waals surface area contributed by atoms with Crippen LogP contribution in [0.25, 0.3) is 0 Å². The summed E-state index contributed by atoms with van der Waals surface area (Å²) < 4.78 is 0. The van der Waals surface area contributed by atoms with Gasteiger partial charge in [-0.3, -0.25) is 4.98 Å². The summed E-state index contributed by atoms with van der Waals surface area (Å²) in [6.45, 7) is 2.24. The normalized spacial score (nSPS) is 12.6. The van der Waals surface area contributed by atoms with Gasteiger partial charge in [0.25, 0.3) is 0 Å². The number of hydrogen-bond donors (Lipinski definition) is 0. The molecule has 16 heavy (non-hydrogen) atoms. The van der Waals surface area contributed by atoms with Gasteiger partial charge in [-0.2, -0.15) is 0 Å². The molecule has 0 aromatic carbocycles. The standard InChI is InChI=1S/C14H22ClN/c1-2-3-4-5-6-9-13(15)12-14-10-7-8-11-16-14/h7-8,10-11,13H,2-6,9,12H2,1H3. The third-order valence-electron chi connectivity index (χ3n) is 2.78. The van der Waals surface area contributed by atoms with Crippen LogP contribution in [0, 0.1) is 0 Å². The Morgan fingerprint density at radius 2 is 2.00 bits per heavy atom. The first-order valence-electron chi connectivity index (χ1n) is 6.37. The second-order valence-electron chi connectivity index (χ2n) is 4.33. The van der Waals surface area contributed by atoms with E-state index in [1.807, 2.05) is 24.4 Å². The van der Waals surface area contributed by atoms with Crippen LogP contribution in [0.5, 0.6) is 0 Å². The summed E-state index contributed by atoms with van der Waals surface area (Å²) in [5.41, 5.74) is 1.11. The summed E-state index contributed by atoms with van der Waals surface area (Å²) in [5.74, 6) is 0. The van der Waals surface area contributed by atoms with Crippen LogP contribution in [0.3, 0.4) is 0 Å². The molecule has 0 spiro atoms. The van der Waals surface area contributed by atoms with Gasteiger partial charge in [-0.15, -0.1) is 11.6 Å². The van der Waals surface area contributed by atoms with Crippen molar-refractivity contribution in [1.29, 1.82) is 0 Å². The molecule has 1 unspecified atom stereocenters. The van der Waals surface area contributed by atoms with E-state index >= 15 is 0 Å². The molecule has 0 saturated carbocycles. The van der Waals surface area contributed by atoms with Crippen molar-refractivity contribution in [1.82, 2.24) is 4.98 Å². The van der Waals surface area contributed by atoms with Crippen LogP contribution in [0.15, 0.2) is 24.4 Å². The second-order valence-corrected chi connectivity index (χ2v) is 4.94. The van der Waals surface area contributed by atoms with Crippen LogP contribution in [0.1, 0.15) is 51.1 Å². The molecular formula is C14H22ClN. The largest absolute Gasteiger partial charge is 0.261 e. The molecule has 0 aliphatic carbocycles. The quantitative estimate of drug-likeness (QED) is 0.478. The fraction of sp³-hybridized carbons (Fsp3) is 0.643. The number of rotatable bonds is 8. The lowest BCUT2D eigenvalue weighted by atomic mass is 10.1. The van der Waals surface area contributed by atoms with Gasteiger partial charge in [0.1, 0.15) is 0 Å². The van der Waals surface area contributed by atoms with E-state index < -0.39 is 0 Å². The zero-order valence-corrected chi connectivity index (χ0v) is 10.9. The van der Waals surface area contributed by atoms with Crippen LogP contribution in [-0.2, 0) is 6.42 Å². The van der Waals surface area contributed by atoms with Crippen LogP contribution in [0.2, 0.25) is 0 Å². The lowest BCUT2D eigenvalue weighted by Crippen LogP contribution is -2.04. The molecule has 0 bridgehead atoms. The van der Waals surface area contributed by atoms with Crippen molar-refractivity contribution in [2.75, 3.05) is 0 Å². The molecule has 1 aromatic rings. The van der Waals surface area contributed by atoms with E-state index in [9.17, 15) is 0 Å². The fourth-order valence-electron chi connectivity index (χ4n) is 1.82. The smallest absolute Gasteiger partial charge is 0.0418 e. The van der Waals surface area contributed by atoms with Gasteiger partial charge in [0, 0.05) is 23.7 Å². The lowest BCUT2D eigenvalue weighted by molar-refractivity contribution is 0.591. The molecule has 0 aliphatic rings. The maximum atomic E-state index is 6.29. The molecule has 0 amide bonds. The molecule has 1 nitrogen and oxygen atoms in total. The minimum atomic E-state index is 0.247. The Bertz CT molecular complexity index is 261. The SMILES string of the molecule is CCCCCCCC(Cl)Cc1ccccn1. The predicted molar refractivity (Wildman–Crippen MR) is 71.0 cm³/mol. The Hall–Kier alpha value is -0.560. The van der Waals surface area contributed by atoms with E-state index in [-0.39, 0.29) is 5.38 Å². The maximum absolute atomic E-state index is 6.29.